The van der Waals surface area contributed by atoms with E-state index in [1.807, 2.05) is 60.7 Å². The summed E-state index contributed by atoms with van der Waals surface area (Å²) in [5.74, 6) is 1.19. The fourth-order valence-corrected chi connectivity index (χ4v) is 5.90. The van der Waals surface area contributed by atoms with Gasteiger partial charge in [0.15, 0.2) is 6.35 Å². The average molecular weight is 620 g/mol. The Kier molecular flexibility index (Phi) is 10.2. The van der Waals surface area contributed by atoms with Crippen molar-refractivity contribution < 1.29 is 18.3 Å². The highest BCUT2D eigenvalue weighted by atomic mass is 31.2. The molecule has 0 aliphatic heterocycles. The van der Waals surface area contributed by atoms with Gasteiger partial charge in [-0.05, 0) is 61.2 Å². The molecule has 5 rings (SSSR count). The fourth-order valence-electron chi connectivity index (χ4n) is 4.69. The predicted molar refractivity (Wildman–Crippen MR) is 176 cm³/mol. The first-order valence-corrected chi connectivity index (χ1v) is 16.1. The molecule has 0 saturated carbocycles. The third-order valence-corrected chi connectivity index (χ3v) is 8.35. The second kappa shape index (κ2) is 14.7. The highest BCUT2D eigenvalue weighted by molar-refractivity contribution is 7.53. The molecule has 10 heteroatoms. The van der Waals surface area contributed by atoms with Crippen LogP contribution in [0.4, 0.5) is 23.1 Å². The summed E-state index contributed by atoms with van der Waals surface area (Å²) in [5, 5.41) is 16.3. The van der Waals surface area contributed by atoms with Crippen LogP contribution in [0.5, 0.6) is 5.75 Å². The molecule has 2 N–H and O–H groups in total. The van der Waals surface area contributed by atoms with Crippen LogP contribution in [-0.4, -0.2) is 16.3 Å². The Morgan fingerprint density at radius 1 is 0.800 bits per heavy atom. The number of aryl methyl sites for hydroxylation is 3. The van der Waals surface area contributed by atoms with Crippen molar-refractivity contribution in [3.05, 3.63) is 137 Å². The Balaban J connectivity index is 1.31. The van der Waals surface area contributed by atoms with Gasteiger partial charge in [-0.3, -0.25) is 4.57 Å². The number of aromatic nitrogens is 2. The lowest BCUT2D eigenvalue weighted by Gasteiger charge is -2.20. The van der Waals surface area contributed by atoms with E-state index in [1.54, 1.807) is 30.5 Å². The second-order valence-electron chi connectivity index (χ2n) is 10.5. The quantitative estimate of drug-likeness (QED) is 0.125. The van der Waals surface area contributed by atoms with Gasteiger partial charge in [0.25, 0.3) is 0 Å². The number of anilines is 4. The summed E-state index contributed by atoms with van der Waals surface area (Å²) >= 11 is 0. The highest BCUT2D eigenvalue weighted by Crippen LogP contribution is 2.50. The third-order valence-electron chi connectivity index (χ3n) is 6.86. The van der Waals surface area contributed by atoms with Crippen molar-refractivity contribution in [2.24, 2.45) is 0 Å². The fraction of sp³-hybridized carbons (Fsp3) is 0.171. The van der Waals surface area contributed by atoms with Crippen LogP contribution in [-0.2, 0) is 26.8 Å². The van der Waals surface area contributed by atoms with Crippen molar-refractivity contribution in [2.45, 2.75) is 34.0 Å². The molecular weight excluding hydrogens is 585 g/mol. The first-order chi connectivity index (χ1) is 21.8. The Hall–Kier alpha value is -5.00. The van der Waals surface area contributed by atoms with E-state index in [-0.39, 0.29) is 24.5 Å². The number of ether oxygens (including phenoxy) is 1. The summed E-state index contributed by atoms with van der Waals surface area (Å²) in [6, 6.07) is 31.9. The van der Waals surface area contributed by atoms with Gasteiger partial charge < -0.3 is 24.4 Å². The first-order valence-electron chi connectivity index (χ1n) is 14.4. The topological polar surface area (TPSA) is 118 Å². The van der Waals surface area contributed by atoms with Gasteiger partial charge in [-0.15, -0.1) is 0 Å². The van der Waals surface area contributed by atoms with Crippen LogP contribution in [0, 0.1) is 32.1 Å². The zero-order chi connectivity index (χ0) is 31.6. The number of nitrogens with zero attached hydrogens (tertiary/aromatic N) is 3. The standard InChI is InChI=1S/C35H34N5O4P/c1-25-18-26(2)34(27(3)19-25)39-33-16-17-37-35(40-33)38-31-15-14-30(21-36)32(20-31)42-24-45(41,43-22-28-10-6-4-7-11-28)44-23-29-12-8-5-9-13-29/h4-20H,22-24H2,1-3H3,(H2,37,38,39,40). The van der Waals surface area contributed by atoms with E-state index >= 15 is 0 Å². The van der Waals surface area contributed by atoms with E-state index in [2.05, 4.69) is 59.6 Å². The highest BCUT2D eigenvalue weighted by Gasteiger charge is 2.27. The number of hydrogen-bond acceptors (Lipinski definition) is 9. The molecule has 0 spiro atoms. The molecule has 0 unspecified atom stereocenters. The largest absolute Gasteiger partial charge is 0.479 e. The maximum atomic E-state index is 13.9. The molecule has 0 bridgehead atoms. The Bertz CT molecular complexity index is 1770. The molecule has 1 aromatic heterocycles. The van der Waals surface area contributed by atoms with Crippen molar-refractivity contribution >= 4 is 30.7 Å². The monoisotopic (exact) mass is 619 g/mol. The van der Waals surface area contributed by atoms with Gasteiger partial charge in [0, 0.05) is 23.6 Å². The molecular formula is C35H34N5O4P. The third kappa shape index (κ3) is 8.78. The molecule has 228 valence electrons. The minimum Gasteiger partial charge on any atom is -0.479 e. The van der Waals surface area contributed by atoms with Crippen LogP contribution in [0.25, 0.3) is 0 Å². The summed E-state index contributed by atoms with van der Waals surface area (Å²) in [6.07, 6.45) is 1.26. The summed E-state index contributed by atoms with van der Waals surface area (Å²) in [6.45, 7) is 6.33. The zero-order valence-corrected chi connectivity index (χ0v) is 26.3. The van der Waals surface area contributed by atoms with Gasteiger partial charge in [0.05, 0.1) is 18.8 Å². The second-order valence-corrected chi connectivity index (χ2v) is 12.5. The molecule has 0 fully saturated rings. The molecule has 0 radical (unpaired) electrons. The Labute approximate surface area is 263 Å². The number of hydrogen-bond donors (Lipinski definition) is 2. The van der Waals surface area contributed by atoms with Crippen molar-refractivity contribution in [1.82, 2.24) is 9.97 Å². The average Bonchev–Trinajstić information content (AvgIpc) is 3.05. The lowest BCUT2D eigenvalue weighted by atomic mass is 10.1. The van der Waals surface area contributed by atoms with E-state index in [1.165, 1.54) is 5.56 Å². The lowest BCUT2D eigenvalue weighted by molar-refractivity contribution is 0.172. The van der Waals surface area contributed by atoms with Gasteiger partial charge in [0.1, 0.15) is 17.6 Å². The molecule has 4 aromatic carbocycles. The van der Waals surface area contributed by atoms with Gasteiger partial charge in [0.2, 0.25) is 5.95 Å². The molecule has 9 nitrogen and oxygen atoms in total. The summed E-state index contributed by atoms with van der Waals surface area (Å²) in [7, 11) is -3.76. The van der Waals surface area contributed by atoms with Crippen molar-refractivity contribution in [3.63, 3.8) is 0 Å². The maximum absolute atomic E-state index is 13.9. The lowest BCUT2D eigenvalue weighted by Crippen LogP contribution is -2.07. The molecule has 0 saturated heterocycles. The molecule has 0 amide bonds. The SMILES string of the molecule is Cc1cc(C)c(Nc2ccnc(Nc3ccc(C#N)c(OCP(=O)(OCc4ccccc4)OCc4ccccc4)c3)n2)c(C)c1. The summed E-state index contributed by atoms with van der Waals surface area (Å²) in [5.41, 5.74) is 6.95. The van der Waals surface area contributed by atoms with Crippen LogP contribution < -0.4 is 15.4 Å². The minimum absolute atomic E-state index is 0.0757. The van der Waals surface area contributed by atoms with Gasteiger partial charge in [-0.1, -0.05) is 78.4 Å². The maximum Gasteiger partial charge on any atom is 0.368 e. The minimum atomic E-state index is -3.76. The van der Waals surface area contributed by atoms with E-state index in [0.717, 1.165) is 27.9 Å². The number of benzene rings is 4. The molecule has 0 aliphatic carbocycles. The molecule has 0 aliphatic rings. The molecule has 0 atom stereocenters. The zero-order valence-electron chi connectivity index (χ0n) is 25.4. The Morgan fingerprint density at radius 2 is 1.42 bits per heavy atom. The van der Waals surface area contributed by atoms with E-state index < -0.39 is 13.9 Å². The van der Waals surface area contributed by atoms with Gasteiger partial charge >= 0.3 is 7.60 Å². The smallest absolute Gasteiger partial charge is 0.368 e. The summed E-state index contributed by atoms with van der Waals surface area (Å²) < 4.78 is 31.5. The molecule has 45 heavy (non-hydrogen) atoms. The predicted octanol–water partition coefficient (Wildman–Crippen LogP) is 8.72. The van der Waals surface area contributed by atoms with Gasteiger partial charge in [-0.2, -0.15) is 10.2 Å². The Morgan fingerprint density at radius 3 is 2.02 bits per heavy atom. The van der Waals surface area contributed by atoms with Gasteiger partial charge in [-0.25, -0.2) is 4.98 Å². The van der Waals surface area contributed by atoms with Crippen molar-refractivity contribution in [2.75, 3.05) is 17.0 Å². The van der Waals surface area contributed by atoms with Crippen molar-refractivity contribution in [1.29, 1.82) is 5.26 Å². The van der Waals surface area contributed by atoms with Crippen LogP contribution in [0.1, 0.15) is 33.4 Å². The first kappa shape index (κ1) is 31.4. The molecule has 5 aromatic rings. The normalized spacial score (nSPS) is 11.1. The number of nitrogens with one attached hydrogen (secondary N) is 2. The van der Waals surface area contributed by atoms with Crippen LogP contribution in [0.2, 0.25) is 0 Å². The van der Waals surface area contributed by atoms with Crippen LogP contribution in [0.3, 0.4) is 0 Å². The molecule has 1 heterocycles. The number of rotatable bonds is 13. The van der Waals surface area contributed by atoms with E-state index in [9.17, 15) is 9.83 Å². The van der Waals surface area contributed by atoms with Crippen LogP contribution >= 0.6 is 7.60 Å². The van der Waals surface area contributed by atoms with E-state index in [4.69, 9.17) is 13.8 Å². The number of nitriles is 1. The summed E-state index contributed by atoms with van der Waals surface area (Å²) in [4.78, 5) is 8.95. The van der Waals surface area contributed by atoms with E-state index in [0.29, 0.717) is 17.5 Å². The van der Waals surface area contributed by atoms with Crippen molar-refractivity contribution in [3.8, 4) is 11.8 Å². The van der Waals surface area contributed by atoms with Crippen LogP contribution in [0.15, 0.2) is 103 Å².